The first-order chi connectivity index (χ1) is 10.5. The number of hydrogen-bond donors (Lipinski definition) is 1. The molecule has 0 amide bonds. The third-order valence-electron chi connectivity index (χ3n) is 5.44. The van der Waals surface area contributed by atoms with Gasteiger partial charge in [0.1, 0.15) is 0 Å². The van der Waals surface area contributed by atoms with Crippen LogP contribution < -0.4 is 0 Å². The Morgan fingerprint density at radius 3 is 2.59 bits per heavy atom. The zero-order valence-electron chi connectivity index (χ0n) is 13.7. The van der Waals surface area contributed by atoms with Crippen LogP contribution in [0.15, 0.2) is 24.3 Å². The Balaban J connectivity index is 1.64. The number of hydrogen-bond acceptors (Lipinski definition) is 2. The summed E-state index contributed by atoms with van der Waals surface area (Å²) in [5.74, 6) is 0.453. The summed E-state index contributed by atoms with van der Waals surface area (Å²) in [5, 5.41) is 9.65. The Kier molecular flexibility index (Phi) is 4.26. The minimum absolute atomic E-state index is 0.352. The van der Waals surface area contributed by atoms with Crippen molar-refractivity contribution >= 4 is 5.97 Å². The molecular formula is C19H27NO2. The van der Waals surface area contributed by atoms with Gasteiger partial charge in [-0.1, -0.05) is 44.5 Å². The van der Waals surface area contributed by atoms with Gasteiger partial charge in [-0.3, -0.25) is 9.69 Å². The van der Waals surface area contributed by atoms with Crippen molar-refractivity contribution in [2.24, 2.45) is 17.3 Å². The number of carboxylic acid groups (broad SMARTS) is 1. The summed E-state index contributed by atoms with van der Waals surface area (Å²) in [5.41, 5.74) is 2.23. The van der Waals surface area contributed by atoms with E-state index in [1.165, 1.54) is 11.1 Å². The van der Waals surface area contributed by atoms with Gasteiger partial charge in [0.15, 0.2) is 0 Å². The highest BCUT2D eigenvalue weighted by Crippen LogP contribution is 2.49. The lowest BCUT2D eigenvalue weighted by atomic mass is 9.81. The molecule has 1 saturated heterocycles. The van der Waals surface area contributed by atoms with Crippen LogP contribution in [-0.4, -0.2) is 29.1 Å². The van der Waals surface area contributed by atoms with E-state index in [1.54, 1.807) is 0 Å². The third kappa shape index (κ3) is 2.91. The second-order valence-electron chi connectivity index (χ2n) is 7.63. The summed E-state index contributed by atoms with van der Waals surface area (Å²) in [7, 11) is 0. The molecule has 1 aliphatic carbocycles. The number of nitrogens with zero attached hydrogens (tertiary/aromatic N) is 1. The van der Waals surface area contributed by atoms with E-state index in [9.17, 15) is 9.90 Å². The number of carboxylic acids is 1. The van der Waals surface area contributed by atoms with Crippen molar-refractivity contribution < 1.29 is 9.90 Å². The van der Waals surface area contributed by atoms with E-state index in [4.69, 9.17) is 0 Å². The molecule has 2 fully saturated rings. The highest BCUT2D eigenvalue weighted by atomic mass is 16.4. The average molecular weight is 301 g/mol. The molecule has 120 valence electrons. The van der Waals surface area contributed by atoms with Crippen molar-refractivity contribution in [3.8, 4) is 0 Å². The smallest absolute Gasteiger partial charge is 0.311 e. The molecule has 0 bridgehead atoms. The quantitative estimate of drug-likeness (QED) is 0.904. The molecule has 2 atom stereocenters. The first-order valence-electron chi connectivity index (χ1n) is 8.53. The van der Waals surface area contributed by atoms with Crippen LogP contribution in [0.25, 0.3) is 0 Å². The maximum absolute atomic E-state index is 11.7. The fourth-order valence-electron chi connectivity index (χ4n) is 4.37. The second kappa shape index (κ2) is 6.04. The summed E-state index contributed by atoms with van der Waals surface area (Å²) in [6.07, 6.45) is 4.13. The maximum Gasteiger partial charge on any atom is 0.311 e. The predicted molar refractivity (Wildman–Crippen MR) is 87.7 cm³/mol. The van der Waals surface area contributed by atoms with Gasteiger partial charge >= 0.3 is 5.97 Å². The SMILES string of the molecule is CC(C)Cc1ccc(CN2C[C@@H]3CCC[C@@]3(C(=O)O)C2)cc1. The molecule has 3 rings (SSSR count). The third-order valence-corrected chi connectivity index (χ3v) is 5.44. The average Bonchev–Trinajstić information content (AvgIpc) is 2.98. The van der Waals surface area contributed by atoms with Crippen molar-refractivity contribution in [1.29, 1.82) is 0 Å². The van der Waals surface area contributed by atoms with Crippen molar-refractivity contribution in [2.75, 3.05) is 13.1 Å². The molecule has 0 unspecified atom stereocenters. The standard InChI is InChI=1S/C19H27NO2/c1-14(2)10-15-5-7-16(8-6-15)11-20-12-17-4-3-9-19(17,13-20)18(21)22/h5-8,14,17H,3-4,9-13H2,1-2H3,(H,21,22)/t17-,19+/m0/s1. The van der Waals surface area contributed by atoms with E-state index in [0.29, 0.717) is 11.8 Å². The van der Waals surface area contributed by atoms with Gasteiger partial charge in [-0.05, 0) is 42.2 Å². The number of benzene rings is 1. The van der Waals surface area contributed by atoms with Crippen molar-refractivity contribution in [3.05, 3.63) is 35.4 Å². The molecule has 1 heterocycles. The Hall–Kier alpha value is -1.35. The Morgan fingerprint density at radius 1 is 1.32 bits per heavy atom. The molecule has 22 heavy (non-hydrogen) atoms. The van der Waals surface area contributed by atoms with E-state index in [1.807, 2.05) is 0 Å². The van der Waals surface area contributed by atoms with Gasteiger partial charge in [0.2, 0.25) is 0 Å². The van der Waals surface area contributed by atoms with Gasteiger partial charge in [-0.2, -0.15) is 0 Å². The van der Waals surface area contributed by atoms with Crippen molar-refractivity contribution in [3.63, 3.8) is 0 Å². The van der Waals surface area contributed by atoms with Crippen molar-refractivity contribution in [1.82, 2.24) is 4.90 Å². The molecule has 1 aromatic rings. The molecule has 0 spiro atoms. The maximum atomic E-state index is 11.7. The molecule has 0 radical (unpaired) electrons. The molecule has 0 aromatic heterocycles. The van der Waals surface area contributed by atoms with Crippen LogP contribution in [0.5, 0.6) is 0 Å². The molecular weight excluding hydrogens is 274 g/mol. The monoisotopic (exact) mass is 301 g/mol. The zero-order chi connectivity index (χ0) is 15.7. The molecule has 1 aliphatic heterocycles. The lowest BCUT2D eigenvalue weighted by Crippen LogP contribution is -2.35. The van der Waals surface area contributed by atoms with Gasteiger partial charge in [0, 0.05) is 19.6 Å². The van der Waals surface area contributed by atoms with Gasteiger partial charge in [-0.15, -0.1) is 0 Å². The zero-order valence-corrected chi connectivity index (χ0v) is 13.7. The fraction of sp³-hybridized carbons (Fsp3) is 0.632. The summed E-state index contributed by atoms with van der Waals surface area (Å²) in [6.45, 7) is 7.03. The molecule has 2 aliphatic rings. The molecule has 1 aromatic carbocycles. The summed E-state index contributed by atoms with van der Waals surface area (Å²) in [4.78, 5) is 14.1. The number of likely N-dealkylation sites (tertiary alicyclic amines) is 1. The fourth-order valence-corrected chi connectivity index (χ4v) is 4.37. The summed E-state index contributed by atoms with van der Waals surface area (Å²) in [6, 6.07) is 8.86. The first-order valence-corrected chi connectivity index (χ1v) is 8.53. The van der Waals surface area contributed by atoms with E-state index in [-0.39, 0.29) is 0 Å². The first kappa shape index (κ1) is 15.5. The molecule has 1 N–H and O–H groups in total. The van der Waals surface area contributed by atoms with E-state index < -0.39 is 11.4 Å². The highest BCUT2D eigenvalue weighted by Gasteiger charge is 2.54. The Morgan fingerprint density at radius 2 is 2.00 bits per heavy atom. The number of rotatable bonds is 5. The number of aliphatic carboxylic acids is 1. The lowest BCUT2D eigenvalue weighted by molar-refractivity contribution is -0.149. The van der Waals surface area contributed by atoms with Crippen LogP contribution in [-0.2, 0) is 17.8 Å². The van der Waals surface area contributed by atoms with Crippen LogP contribution in [0.3, 0.4) is 0 Å². The van der Waals surface area contributed by atoms with E-state index >= 15 is 0 Å². The van der Waals surface area contributed by atoms with Gasteiger partial charge in [0.05, 0.1) is 5.41 Å². The van der Waals surface area contributed by atoms with Crippen LogP contribution in [0.4, 0.5) is 0 Å². The molecule has 1 saturated carbocycles. The van der Waals surface area contributed by atoms with Gasteiger partial charge < -0.3 is 5.11 Å². The van der Waals surface area contributed by atoms with Crippen LogP contribution in [0.1, 0.15) is 44.2 Å². The van der Waals surface area contributed by atoms with Crippen LogP contribution >= 0.6 is 0 Å². The van der Waals surface area contributed by atoms with E-state index in [0.717, 1.165) is 45.3 Å². The molecule has 3 nitrogen and oxygen atoms in total. The number of fused-ring (bicyclic) bond motifs is 1. The van der Waals surface area contributed by atoms with E-state index in [2.05, 4.69) is 43.0 Å². The number of carbonyl (C=O) groups is 1. The van der Waals surface area contributed by atoms with Gasteiger partial charge in [-0.25, -0.2) is 0 Å². The topological polar surface area (TPSA) is 40.5 Å². The molecule has 3 heteroatoms. The highest BCUT2D eigenvalue weighted by molar-refractivity contribution is 5.76. The Bertz CT molecular complexity index is 537. The normalized spacial score (nSPS) is 28.2. The van der Waals surface area contributed by atoms with Gasteiger partial charge in [0.25, 0.3) is 0 Å². The predicted octanol–water partition coefficient (Wildman–Crippen LogP) is 3.57. The Labute approximate surface area is 133 Å². The van der Waals surface area contributed by atoms with Crippen LogP contribution in [0, 0.1) is 17.3 Å². The minimum atomic E-state index is -0.579. The largest absolute Gasteiger partial charge is 0.481 e. The van der Waals surface area contributed by atoms with Crippen LogP contribution in [0.2, 0.25) is 0 Å². The summed E-state index contributed by atoms with van der Waals surface area (Å²) >= 11 is 0. The summed E-state index contributed by atoms with van der Waals surface area (Å²) < 4.78 is 0. The second-order valence-corrected chi connectivity index (χ2v) is 7.63. The lowest BCUT2D eigenvalue weighted by Gasteiger charge is -2.23. The minimum Gasteiger partial charge on any atom is -0.481 e. The van der Waals surface area contributed by atoms with Crippen molar-refractivity contribution in [2.45, 2.75) is 46.1 Å².